The minimum Gasteiger partial charge on any atom is -0.354 e. The Morgan fingerprint density at radius 2 is 1.68 bits per heavy atom. The van der Waals surface area contributed by atoms with Gasteiger partial charge in [0.1, 0.15) is 11.6 Å². The third-order valence-electron chi connectivity index (χ3n) is 2.06. The first-order valence-corrected chi connectivity index (χ1v) is 5.83. The quantitative estimate of drug-likeness (QED) is 0.904. The summed E-state index contributed by atoms with van der Waals surface area (Å²) in [5.74, 6) is -1.02. The molecule has 0 aliphatic carbocycles. The first kappa shape index (κ1) is 13.4. The molecule has 2 N–H and O–H groups in total. The average Bonchev–Trinajstić information content (AvgIpc) is 2.26. The molecule has 0 amide bonds. The summed E-state index contributed by atoms with van der Waals surface area (Å²) in [5, 5.41) is 5.50. The minimum absolute atomic E-state index is 0.0228. The van der Waals surface area contributed by atoms with E-state index >= 15 is 0 Å². The van der Waals surface area contributed by atoms with Gasteiger partial charge in [0.25, 0.3) is 0 Å². The van der Waals surface area contributed by atoms with E-state index in [0.29, 0.717) is 6.54 Å². The molecule has 0 saturated heterocycles. The Bertz CT molecular complexity index is 573. The SMILES string of the molecule is CCNc1nc(Cl)nc(Nc2cc(F)cc(F)c2)n1. The van der Waals surface area contributed by atoms with Crippen molar-refractivity contribution in [3.05, 3.63) is 35.1 Å². The van der Waals surface area contributed by atoms with Crippen LogP contribution in [0.25, 0.3) is 0 Å². The van der Waals surface area contributed by atoms with Crippen LogP contribution in [-0.2, 0) is 0 Å². The topological polar surface area (TPSA) is 62.7 Å². The van der Waals surface area contributed by atoms with Gasteiger partial charge in [0.15, 0.2) is 0 Å². The predicted octanol–water partition coefficient (Wildman–Crippen LogP) is 2.98. The molecule has 19 heavy (non-hydrogen) atoms. The molecule has 0 aliphatic rings. The number of nitrogens with one attached hydrogen (secondary N) is 2. The molecular formula is C11H10ClF2N5. The predicted molar refractivity (Wildman–Crippen MR) is 68.6 cm³/mol. The van der Waals surface area contributed by atoms with Crippen LogP contribution < -0.4 is 10.6 Å². The molecule has 0 atom stereocenters. The van der Waals surface area contributed by atoms with Crippen LogP contribution >= 0.6 is 11.6 Å². The van der Waals surface area contributed by atoms with Crippen LogP contribution in [0.5, 0.6) is 0 Å². The fraction of sp³-hybridized carbons (Fsp3) is 0.182. The van der Waals surface area contributed by atoms with E-state index < -0.39 is 11.6 Å². The lowest BCUT2D eigenvalue weighted by Crippen LogP contribution is -2.06. The summed E-state index contributed by atoms with van der Waals surface area (Å²) in [6.07, 6.45) is 0. The Kier molecular flexibility index (Phi) is 4.06. The third kappa shape index (κ3) is 3.72. The van der Waals surface area contributed by atoms with Crippen LogP contribution in [0.1, 0.15) is 6.92 Å². The molecule has 1 aromatic carbocycles. The summed E-state index contributed by atoms with van der Waals surface area (Å²) >= 11 is 5.72. The number of halogens is 3. The number of aromatic nitrogens is 3. The van der Waals surface area contributed by atoms with Crippen molar-refractivity contribution in [2.75, 3.05) is 17.2 Å². The zero-order valence-corrected chi connectivity index (χ0v) is 10.7. The molecule has 8 heteroatoms. The Balaban J connectivity index is 2.27. The molecule has 5 nitrogen and oxygen atoms in total. The van der Waals surface area contributed by atoms with E-state index in [1.54, 1.807) is 0 Å². The molecule has 0 radical (unpaired) electrons. The van der Waals surface area contributed by atoms with Crippen molar-refractivity contribution in [2.24, 2.45) is 0 Å². The second-order valence-corrected chi connectivity index (χ2v) is 3.90. The normalized spacial score (nSPS) is 10.3. The van der Waals surface area contributed by atoms with Crippen molar-refractivity contribution >= 4 is 29.2 Å². The van der Waals surface area contributed by atoms with E-state index in [1.807, 2.05) is 6.92 Å². The van der Waals surface area contributed by atoms with Gasteiger partial charge in [0.2, 0.25) is 17.2 Å². The second kappa shape index (κ2) is 5.75. The number of rotatable bonds is 4. The first-order valence-electron chi connectivity index (χ1n) is 5.45. The van der Waals surface area contributed by atoms with E-state index in [0.717, 1.165) is 18.2 Å². The number of hydrogen-bond donors (Lipinski definition) is 2. The number of hydrogen-bond acceptors (Lipinski definition) is 5. The van der Waals surface area contributed by atoms with Crippen LogP contribution in [0.15, 0.2) is 18.2 Å². The smallest absolute Gasteiger partial charge is 0.233 e. The van der Waals surface area contributed by atoms with Gasteiger partial charge in [0, 0.05) is 18.3 Å². The monoisotopic (exact) mass is 285 g/mol. The van der Waals surface area contributed by atoms with Gasteiger partial charge in [-0.1, -0.05) is 0 Å². The summed E-state index contributed by atoms with van der Waals surface area (Å²) in [7, 11) is 0. The van der Waals surface area contributed by atoms with Crippen molar-refractivity contribution in [3.63, 3.8) is 0 Å². The molecule has 0 bridgehead atoms. The van der Waals surface area contributed by atoms with Crippen LogP contribution in [0, 0.1) is 11.6 Å². The van der Waals surface area contributed by atoms with Gasteiger partial charge in [0.05, 0.1) is 0 Å². The molecule has 0 fully saturated rings. The first-order chi connectivity index (χ1) is 9.06. The van der Waals surface area contributed by atoms with Crippen molar-refractivity contribution < 1.29 is 8.78 Å². The summed E-state index contributed by atoms with van der Waals surface area (Å²) in [6.45, 7) is 2.47. The number of nitrogens with zero attached hydrogens (tertiary/aromatic N) is 3. The maximum Gasteiger partial charge on any atom is 0.233 e. The molecule has 0 spiro atoms. The van der Waals surface area contributed by atoms with Crippen molar-refractivity contribution in [2.45, 2.75) is 6.92 Å². The maximum atomic E-state index is 13.0. The lowest BCUT2D eigenvalue weighted by Gasteiger charge is -2.07. The third-order valence-corrected chi connectivity index (χ3v) is 2.23. The second-order valence-electron chi connectivity index (χ2n) is 3.57. The zero-order chi connectivity index (χ0) is 13.8. The van der Waals surface area contributed by atoms with Crippen molar-refractivity contribution in [1.82, 2.24) is 15.0 Å². The highest BCUT2D eigenvalue weighted by Gasteiger charge is 2.06. The van der Waals surface area contributed by atoms with Gasteiger partial charge in [-0.15, -0.1) is 0 Å². The maximum absolute atomic E-state index is 13.0. The van der Waals surface area contributed by atoms with Crippen molar-refractivity contribution in [3.8, 4) is 0 Å². The average molecular weight is 286 g/mol. The highest BCUT2D eigenvalue weighted by molar-refractivity contribution is 6.28. The highest BCUT2D eigenvalue weighted by atomic mass is 35.5. The van der Waals surface area contributed by atoms with E-state index in [4.69, 9.17) is 11.6 Å². The van der Waals surface area contributed by atoms with E-state index in [2.05, 4.69) is 25.6 Å². The van der Waals surface area contributed by atoms with E-state index in [9.17, 15) is 8.78 Å². The van der Waals surface area contributed by atoms with Crippen LogP contribution in [0.2, 0.25) is 5.28 Å². The van der Waals surface area contributed by atoms with Gasteiger partial charge in [-0.3, -0.25) is 0 Å². The minimum atomic E-state index is -0.699. The molecule has 2 aromatic rings. The summed E-state index contributed by atoms with van der Waals surface area (Å²) in [5.41, 5.74) is 0.183. The Hall–Kier alpha value is -2.02. The summed E-state index contributed by atoms with van der Waals surface area (Å²) in [6, 6.07) is 3.01. The van der Waals surface area contributed by atoms with Gasteiger partial charge < -0.3 is 10.6 Å². The number of benzene rings is 1. The molecule has 0 saturated carbocycles. The molecule has 100 valence electrons. The highest BCUT2D eigenvalue weighted by Crippen LogP contribution is 2.18. The molecule has 0 unspecified atom stereocenters. The lowest BCUT2D eigenvalue weighted by molar-refractivity contribution is 0.584. The van der Waals surface area contributed by atoms with Crippen LogP contribution in [0.4, 0.5) is 26.4 Å². The largest absolute Gasteiger partial charge is 0.354 e. The van der Waals surface area contributed by atoms with Gasteiger partial charge >= 0.3 is 0 Å². The molecule has 1 aromatic heterocycles. The lowest BCUT2D eigenvalue weighted by atomic mass is 10.3. The van der Waals surface area contributed by atoms with Crippen molar-refractivity contribution in [1.29, 1.82) is 0 Å². The van der Waals surface area contributed by atoms with Gasteiger partial charge in [-0.25, -0.2) is 8.78 Å². The van der Waals surface area contributed by atoms with E-state index in [1.165, 1.54) is 0 Å². The summed E-state index contributed by atoms with van der Waals surface area (Å²) < 4.78 is 26.1. The fourth-order valence-corrected chi connectivity index (χ4v) is 1.56. The fourth-order valence-electron chi connectivity index (χ4n) is 1.40. The van der Waals surface area contributed by atoms with Crippen LogP contribution in [-0.4, -0.2) is 21.5 Å². The van der Waals surface area contributed by atoms with Gasteiger partial charge in [-0.05, 0) is 30.7 Å². The molecule has 1 heterocycles. The standard InChI is InChI=1S/C11H10ClF2N5/c1-2-15-10-17-9(12)18-11(19-10)16-8-4-6(13)3-7(14)5-8/h3-5H,2H2,1H3,(H2,15,16,17,18,19). The summed E-state index contributed by atoms with van der Waals surface area (Å²) in [4.78, 5) is 11.7. The van der Waals surface area contributed by atoms with Crippen LogP contribution in [0.3, 0.4) is 0 Å². The molecule has 0 aliphatic heterocycles. The Labute approximate surface area is 113 Å². The number of anilines is 3. The molecular weight excluding hydrogens is 276 g/mol. The zero-order valence-electron chi connectivity index (χ0n) is 9.91. The molecule has 2 rings (SSSR count). The van der Waals surface area contributed by atoms with E-state index in [-0.39, 0.29) is 22.9 Å². The van der Waals surface area contributed by atoms with Gasteiger partial charge in [-0.2, -0.15) is 15.0 Å². The Morgan fingerprint density at radius 1 is 1.05 bits per heavy atom. The Morgan fingerprint density at radius 3 is 2.32 bits per heavy atom.